The van der Waals surface area contributed by atoms with Crippen LogP contribution in [0.25, 0.3) is 0 Å². The number of benzene rings is 1. The van der Waals surface area contributed by atoms with Gasteiger partial charge in [0.25, 0.3) is 5.91 Å². The van der Waals surface area contributed by atoms with Crippen LogP contribution in [0.1, 0.15) is 10.4 Å². The average molecular weight is 302 g/mol. The van der Waals surface area contributed by atoms with Crippen molar-refractivity contribution in [2.45, 2.75) is 6.18 Å². The van der Waals surface area contributed by atoms with Crippen LogP contribution in [-0.2, 0) is 4.79 Å². The SMILES string of the molecule is O=C(c1ccccc1O)N1CCN(C(=O)C(F)(F)F)CC1. The van der Waals surface area contributed by atoms with Crippen molar-refractivity contribution in [2.24, 2.45) is 0 Å². The quantitative estimate of drug-likeness (QED) is 0.849. The summed E-state index contributed by atoms with van der Waals surface area (Å²) in [5.74, 6) is -2.54. The van der Waals surface area contributed by atoms with Crippen LogP contribution in [0.5, 0.6) is 5.75 Å². The fourth-order valence-electron chi connectivity index (χ4n) is 2.12. The van der Waals surface area contributed by atoms with Gasteiger partial charge in [0.2, 0.25) is 0 Å². The van der Waals surface area contributed by atoms with Crippen molar-refractivity contribution in [2.75, 3.05) is 26.2 Å². The molecule has 0 saturated carbocycles. The van der Waals surface area contributed by atoms with Gasteiger partial charge >= 0.3 is 12.1 Å². The van der Waals surface area contributed by atoms with E-state index in [4.69, 9.17) is 0 Å². The highest BCUT2D eigenvalue weighted by molar-refractivity contribution is 5.97. The molecule has 0 aliphatic carbocycles. The number of alkyl halides is 3. The fourth-order valence-corrected chi connectivity index (χ4v) is 2.12. The Hall–Kier alpha value is -2.25. The van der Waals surface area contributed by atoms with Crippen LogP contribution < -0.4 is 0 Å². The maximum atomic E-state index is 12.3. The molecular weight excluding hydrogens is 289 g/mol. The maximum absolute atomic E-state index is 12.3. The third kappa shape index (κ3) is 3.26. The first-order chi connectivity index (χ1) is 9.80. The van der Waals surface area contributed by atoms with Gasteiger partial charge in [-0.2, -0.15) is 13.2 Å². The lowest BCUT2D eigenvalue weighted by atomic mass is 10.1. The van der Waals surface area contributed by atoms with Crippen molar-refractivity contribution in [3.8, 4) is 5.75 Å². The van der Waals surface area contributed by atoms with Gasteiger partial charge in [0, 0.05) is 26.2 Å². The van der Waals surface area contributed by atoms with Crippen molar-refractivity contribution in [3.05, 3.63) is 29.8 Å². The number of rotatable bonds is 1. The summed E-state index contributed by atoms with van der Waals surface area (Å²) in [6.07, 6.45) is -4.90. The van der Waals surface area contributed by atoms with E-state index in [9.17, 15) is 27.9 Å². The van der Waals surface area contributed by atoms with Crippen LogP contribution in [0.15, 0.2) is 24.3 Å². The highest BCUT2D eigenvalue weighted by Gasteiger charge is 2.43. The summed E-state index contributed by atoms with van der Waals surface area (Å²) in [7, 11) is 0. The second-order valence-electron chi connectivity index (χ2n) is 4.60. The van der Waals surface area contributed by atoms with Gasteiger partial charge in [-0.3, -0.25) is 9.59 Å². The topological polar surface area (TPSA) is 60.9 Å². The molecule has 5 nitrogen and oxygen atoms in total. The Morgan fingerprint density at radius 3 is 2.05 bits per heavy atom. The van der Waals surface area contributed by atoms with E-state index >= 15 is 0 Å². The van der Waals surface area contributed by atoms with Crippen molar-refractivity contribution in [1.82, 2.24) is 9.80 Å². The molecule has 1 saturated heterocycles. The normalized spacial score (nSPS) is 16.0. The average Bonchev–Trinajstić information content (AvgIpc) is 2.45. The van der Waals surface area contributed by atoms with Crippen LogP contribution >= 0.6 is 0 Å². The van der Waals surface area contributed by atoms with Gasteiger partial charge in [0.15, 0.2) is 0 Å². The first-order valence-corrected chi connectivity index (χ1v) is 6.24. The Labute approximate surface area is 118 Å². The van der Waals surface area contributed by atoms with Crippen molar-refractivity contribution < 1.29 is 27.9 Å². The van der Waals surface area contributed by atoms with Gasteiger partial charge in [-0.05, 0) is 12.1 Å². The van der Waals surface area contributed by atoms with Crippen LogP contribution in [0.4, 0.5) is 13.2 Å². The number of halogens is 3. The Morgan fingerprint density at radius 2 is 1.52 bits per heavy atom. The minimum Gasteiger partial charge on any atom is -0.507 e. The largest absolute Gasteiger partial charge is 0.507 e. The summed E-state index contributed by atoms with van der Waals surface area (Å²) in [5, 5.41) is 9.60. The van der Waals surface area contributed by atoms with Gasteiger partial charge in [0.05, 0.1) is 5.56 Å². The number of carbonyl (C=O) groups is 2. The zero-order valence-corrected chi connectivity index (χ0v) is 10.9. The number of nitrogens with zero attached hydrogens (tertiary/aromatic N) is 2. The lowest BCUT2D eigenvalue weighted by Crippen LogP contribution is -2.53. The van der Waals surface area contributed by atoms with Crippen LogP contribution in [0.3, 0.4) is 0 Å². The summed E-state index contributed by atoms with van der Waals surface area (Å²) >= 11 is 0. The molecule has 0 radical (unpaired) electrons. The number of para-hydroxylation sites is 1. The number of phenols is 1. The minimum atomic E-state index is -4.90. The summed E-state index contributed by atoms with van der Waals surface area (Å²) in [6, 6.07) is 5.93. The molecule has 1 heterocycles. The Morgan fingerprint density at radius 1 is 1.00 bits per heavy atom. The molecule has 0 aromatic heterocycles. The number of hydrogen-bond acceptors (Lipinski definition) is 3. The summed E-state index contributed by atoms with van der Waals surface area (Å²) in [4.78, 5) is 25.2. The smallest absolute Gasteiger partial charge is 0.471 e. The van der Waals surface area contributed by atoms with Crippen LogP contribution in [-0.4, -0.2) is 59.1 Å². The molecule has 1 aromatic rings. The van der Waals surface area contributed by atoms with Gasteiger partial charge in [-0.15, -0.1) is 0 Å². The molecule has 0 unspecified atom stereocenters. The standard InChI is InChI=1S/C13H13F3N2O3/c14-13(15,16)12(21)18-7-5-17(6-8-18)11(20)9-3-1-2-4-10(9)19/h1-4,19H,5-8H2. The number of phenolic OH excluding ortho intramolecular Hbond substituents is 1. The minimum absolute atomic E-state index is 0.00497. The van der Waals surface area contributed by atoms with E-state index in [-0.39, 0.29) is 37.5 Å². The van der Waals surface area contributed by atoms with Gasteiger partial charge in [0.1, 0.15) is 5.75 Å². The van der Waals surface area contributed by atoms with Crippen molar-refractivity contribution in [3.63, 3.8) is 0 Å². The van der Waals surface area contributed by atoms with Crippen LogP contribution in [0, 0.1) is 0 Å². The lowest BCUT2D eigenvalue weighted by Gasteiger charge is -2.35. The molecule has 8 heteroatoms. The Bertz CT molecular complexity index is 552. The van der Waals surface area contributed by atoms with E-state index < -0.39 is 18.0 Å². The molecule has 21 heavy (non-hydrogen) atoms. The maximum Gasteiger partial charge on any atom is 0.471 e. The second kappa shape index (κ2) is 5.63. The highest BCUT2D eigenvalue weighted by Crippen LogP contribution is 2.21. The van der Waals surface area contributed by atoms with E-state index in [1.165, 1.54) is 17.0 Å². The molecule has 1 aliphatic heterocycles. The molecule has 1 N–H and O–H groups in total. The zero-order chi connectivity index (χ0) is 15.6. The number of piperazine rings is 1. The van der Waals surface area contributed by atoms with Crippen molar-refractivity contribution >= 4 is 11.8 Å². The molecule has 0 atom stereocenters. The first-order valence-electron chi connectivity index (χ1n) is 6.24. The lowest BCUT2D eigenvalue weighted by molar-refractivity contribution is -0.186. The number of amides is 2. The van der Waals surface area contributed by atoms with Crippen LogP contribution in [0.2, 0.25) is 0 Å². The first kappa shape index (κ1) is 15.1. The molecule has 1 aromatic carbocycles. The van der Waals surface area contributed by atoms with E-state index in [1.54, 1.807) is 12.1 Å². The van der Waals surface area contributed by atoms with E-state index in [0.29, 0.717) is 4.90 Å². The predicted octanol–water partition coefficient (Wildman–Crippen LogP) is 1.24. The molecule has 0 spiro atoms. The summed E-state index contributed by atoms with van der Waals surface area (Å²) < 4.78 is 36.9. The van der Waals surface area contributed by atoms with Gasteiger partial charge in [-0.25, -0.2) is 0 Å². The highest BCUT2D eigenvalue weighted by atomic mass is 19.4. The number of aromatic hydroxyl groups is 1. The molecule has 2 rings (SSSR count). The monoisotopic (exact) mass is 302 g/mol. The molecule has 0 bridgehead atoms. The molecule has 1 fully saturated rings. The Kier molecular flexibility index (Phi) is 4.06. The Balaban J connectivity index is 2.00. The fraction of sp³-hybridized carbons (Fsp3) is 0.385. The summed E-state index contributed by atoms with van der Waals surface area (Å²) in [6.45, 7) is -0.376. The predicted molar refractivity (Wildman–Crippen MR) is 66.6 cm³/mol. The number of carbonyl (C=O) groups excluding carboxylic acids is 2. The van der Waals surface area contributed by atoms with Crippen molar-refractivity contribution in [1.29, 1.82) is 0 Å². The summed E-state index contributed by atoms with van der Waals surface area (Å²) in [5.41, 5.74) is 0.0908. The third-order valence-electron chi connectivity index (χ3n) is 3.23. The molecule has 2 amide bonds. The van der Waals surface area contributed by atoms with Gasteiger partial charge in [-0.1, -0.05) is 12.1 Å². The molecular formula is C13H13F3N2O3. The number of hydrogen-bond donors (Lipinski definition) is 1. The zero-order valence-electron chi connectivity index (χ0n) is 10.9. The third-order valence-corrected chi connectivity index (χ3v) is 3.23. The molecule has 114 valence electrons. The van der Waals surface area contributed by atoms with E-state index in [2.05, 4.69) is 0 Å². The van der Waals surface area contributed by atoms with E-state index in [0.717, 1.165) is 0 Å². The van der Waals surface area contributed by atoms with E-state index in [1.807, 2.05) is 0 Å². The second-order valence-corrected chi connectivity index (χ2v) is 4.60. The van der Waals surface area contributed by atoms with Gasteiger partial charge < -0.3 is 14.9 Å². The molecule has 1 aliphatic rings.